The molecule has 4 rings (SSSR count). The van der Waals surface area contributed by atoms with Gasteiger partial charge in [0, 0.05) is 11.8 Å². The largest absolute Gasteiger partial charge is 0.415 e. The van der Waals surface area contributed by atoms with Crippen LogP contribution in [0.2, 0.25) is 0 Å². The van der Waals surface area contributed by atoms with Crippen LogP contribution in [0.1, 0.15) is 24.0 Å². The third-order valence-electron chi connectivity index (χ3n) is 5.35. The molecule has 0 spiro atoms. The topological polar surface area (TPSA) is 106 Å². The van der Waals surface area contributed by atoms with Crippen LogP contribution in [0.3, 0.4) is 0 Å². The van der Waals surface area contributed by atoms with Gasteiger partial charge in [0.2, 0.25) is 5.88 Å². The van der Waals surface area contributed by atoms with E-state index < -0.39 is 37.8 Å². The van der Waals surface area contributed by atoms with Crippen molar-refractivity contribution in [2.45, 2.75) is 36.0 Å². The molecule has 1 aromatic heterocycles. The average Bonchev–Trinajstić information content (AvgIpc) is 3.36. The molecule has 160 valence electrons. The first-order chi connectivity index (χ1) is 14.0. The molecule has 1 saturated carbocycles. The fraction of sp³-hybridized carbons (Fsp3) is 0.316. The summed E-state index contributed by atoms with van der Waals surface area (Å²) in [7, 11) is -6.39. The monoisotopic (exact) mass is 456 g/mol. The lowest BCUT2D eigenvalue weighted by Crippen LogP contribution is -2.10. The van der Waals surface area contributed by atoms with Crippen LogP contribution in [0.4, 0.5) is 8.78 Å². The molecule has 0 bridgehead atoms. The Morgan fingerprint density at radius 1 is 1.20 bits per heavy atom. The molecule has 0 radical (unpaired) electrons. The summed E-state index contributed by atoms with van der Waals surface area (Å²) in [6.45, 7) is -1.40. The number of hydrogen-bond acceptors (Lipinski definition) is 6. The number of aromatic nitrogens is 2. The van der Waals surface area contributed by atoms with E-state index in [4.69, 9.17) is 0 Å². The van der Waals surface area contributed by atoms with Crippen molar-refractivity contribution in [3.8, 4) is 17.0 Å². The van der Waals surface area contributed by atoms with E-state index in [1.807, 2.05) is 0 Å². The van der Waals surface area contributed by atoms with Gasteiger partial charge in [-0.3, -0.25) is 5.10 Å². The van der Waals surface area contributed by atoms with Crippen molar-refractivity contribution in [2.75, 3.05) is 6.26 Å². The first-order valence-corrected chi connectivity index (χ1v) is 12.0. The summed E-state index contributed by atoms with van der Waals surface area (Å²) in [4.78, 5) is -0.0706. The van der Waals surface area contributed by atoms with E-state index in [1.165, 1.54) is 12.1 Å². The van der Waals surface area contributed by atoms with E-state index in [0.29, 0.717) is 35.0 Å². The number of alkyl halides is 2. The Kier molecular flexibility index (Phi) is 4.85. The Morgan fingerprint density at radius 2 is 1.90 bits per heavy atom. The van der Waals surface area contributed by atoms with Crippen LogP contribution in [0.25, 0.3) is 22.0 Å². The number of H-pyrrole nitrogens is 1. The predicted octanol–water partition coefficient (Wildman–Crippen LogP) is 3.14. The smallest absolute Gasteiger partial charge is 0.388 e. The molecule has 1 aliphatic carbocycles. The van der Waals surface area contributed by atoms with Gasteiger partial charge in [-0.05, 0) is 48.6 Å². The highest BCUT2D eigenvalue weighted by Gasteiger charge is 2.49. The quantitative estimate of drug-likeness (QED) is 0.552. The van der Waals surface area contributed by atoms with Gasteiger partial charge < -0.3 is 4.74 Å². The second-order valence-corrected chi connectivity index (χ2v) is 10.7. The molecule has 1 N–H and O–H groups in total. The van der Waals surface area contributed by atoms with Gasteiger partial charge in [-0.2, -0.15) is 8.78 Å². The zero-order chi connectivity index (χ0) is 21.8. The van der Waals surface area contributed by atoms with E-state index in [1.54, 1.807) is 25.1 Å². The van der Waals surface area contributed by atoms with Crippen molar-refractivity contribution in [3.63, 3.8) is 0 Å². The number of fused-ring (bicyclic) bond motifs is 1. The molecule has 0 atom stereocenters. The Bertz CT molecular complexity index is 1330. The summed E-state index contributed by atoms with van der Waals surface area (Å²) in [5, 5.41) is 6.44. The highest BCUT2D eigenvalue weighted by atomic mass is 32.2. The van der Waals surface area contributed by atoms with E-state index in [0.717, 1.165) is 6.26 Å². The zero-order valence-electron chi connectivity index (χ0n) is 16.0. The fourth-order valence-corrected chi connectivity index (χ4v) is 5.67. The lowest BCUT2D eigenvalue weighted by atomic mass is 9.95. The van der Waals surface area contributed by atoms with Crippen molar-refractivity contribution in [2.24, 2.45) is 0 Å². The number of rotatable bonds is 6. The van der Waals surface area contributed by atoms with Crippen LogP contribution < -0.4 is 4.74 Å². The molecule has 3 aromatic rings. The highest BCUT2D eigenvalue weighted by molar-refractivity contribution is 7.90. The highest BCUT2D eigenvalue weighted by Crippen LogP contribution is 2.51. The molecule has 2 aromatic carbocycles. The predicted molar refractivity (Wildman–Crippen MR) is 107 cm³/mol. The summed E-state index contributed by atoms with van der Waals surface area (Å²) < 4.78 is 77.7. The Balaban J connectivity index is 2.00. The van der Waals surface area contributed by atoms with Gasteiger partial charge in [0.15, 0.2) is 9.84 Å². The molecule has 1 aliphatic rings. The third-order valence-corrected chi connectivity index (χ3v) is 7.87. The van der Waals surface area contributed by atoms with E-state index in [2.05, 4.69) is 14.9 Å². The summed E-state index contributed by atoms with van der Waals surface area (Å²) in [5.41, 5.74) is 2.26. The second kappa shape index (κ2) is 7.02. The number of thiol groups is 1. The molecule has 1 heterocycles. The summed E-state index contributed by atoms with van der Waals surface area (Å²) in [6, 6.07) is 7.72. The maximum absolute atomic E-state index is 12.9. The molecule has 0 unspecified atom stereocenters. The lowest BCUT2D eigenvalue weighted by molar-refractivity contribution is -0.0518. The summed E-state index contributed by atoms with van der Waals surface area (Å²) in [5.74, 6) is -0.413. The standard InChI is InChI=1S/C19H18F2N2O5S2/c1-10-9-11(3-4-12(10)19(7-8-19)29(24)25)15-14(30(2,26)27)6-5-13-16(15)17(23-22-13)28-18(20)21/h3-6,9,18,29H,7-8H2,1-2H3,(H,22,23). The van der Waals surface area contributed by atoms with Crippen LogP contribution in [-0.2, 0) is 25.3 Å². The number of hydrogen-bond donors (Lipinski definition) is 2. The molecule has 0 amide bonds. The van der Waals surface area contributed by atoms with Crippen molar-refractivity contribution >= 4 is 31.4 Å². The minimum Gasteiger partial charge on any atom is -0.415 e. The minimum absolute atomic E-state index is 0.0706. The van der Waals surface area contributed by atoms with Crippen LogP contribution >= 0.6 is 0 Å². The molecular formula is C19H18F2N2O5S2. The molecule has 7 nitrogen and oxygen atoms in total. The number of sulfone groups is 1. The number of aryl methyl sites for hydroxylation is 1. The van der Waals surface area contributed by atoms with Gasteiger partial charge in [0.1, 0.15) is 10.7 Å². The average molecular weight is 456 g/mol. The number of aromatic amines is 1. The molecule has 30 heavy (non-hydrogen) atoms. The van der Waals surface area contributed by atoms with Gasteiger partial charge in [0.25, 0.3) is 0 Å². The van der Waals surface area contributed by atoms with Crippen LogP contribution in [-0.4, -0.2) is 39.9 Å². The van der Waals surface area contributed by atoms with E-state index >= 15 is 0 Å². The molecule has 0 aliphatic heterocycles. The van der Waals surface area contributed by atoms with Gasteiger partial charge >= 0.3 is 6.61 Å². The Labute approximate surface area is 172 Å². The first kappa shape index (κ1) is 20.7. The first-order valence-electron chi connectivity index (χ1n) is 8.96. The zero-order valence-corrected chi connectivity index (χ0v) is 17.7. The molecular weight excluding hydrogens is 438 g/mol. The van der Waals surface area contributed by atoms with Gasteiger partial charge in [-0.15, -0.1) is 5.10 Å². The fourth-order valence-electron chi connectivity index (χ4n) is 3.84. The van der Waals surface area contributed by atoms with Crippen LogP contribution in [0, 0.1) is 6.92 Å². The normalized spacial score (nSPS) is 15.8. The van der Waals surface area contributed by atoms with E-state index in [9.17, 15) is 25.6 Å². The summed E-state index contributed by atoms with van der Waals surface area (Å²) in [6.07, 6.45) is 2.09. The molecule has 0 saturated heterocycles. The minimum atomic E-state index is -3.73. The van der Waals surface area contributed by atoms with Gasteiger partial charge in [-0.25, -0.2) is 16.8 Å². The number of nitrogens with zero attached hydrogens (tertiary/aromatic N) is 1. The van der Waals surface area contributed by atoms with Crippen molar-refractivity contribution < 1.29 is 30.4 Å². The third kappa shape index (κ3) is 3.35. The molecule has 11 heteroatoms. The van der Waals surface area contributed by atoms with Gasteiger partial charge in [-0.1, -0.05) is 18.2 Å². The van der Waals surface area contributed by atoms with Gasteiger partial charge in [0.05, 0.1) is 20.5 Å². The number of halogens is 2. The summed E-state index contributed by atoms with van der Waals surface area (Å²) >= 11 is 0. The molecule has 1 fully saturated rings. The lowest BCUT2D eigenvalue weighted by Gasteiger charge is -2.16. The number of ether oxygens (including phenoxy) is 1. The van der Waals surface area contributed by atoms with Crippen LogP contribution in [0.5, 0.6) is 5.88 Å². The van der Waals surface area contributed by atoms with Crippen molar-refractivity contribution in [3.05, 3.63) is 41.5 Å². The second-order valence-electron chi connectivity index (χ2n) is 7.36. The SMILES string of the molecule is Cc1cc(-c2c(S(C)(=O)=O)ccc3[nH]nc(OC(F)F)c23)ccc1C1([SH](=O)=O)CC1. The number of nitrogens with one attached hydrogen (secondary N) is 1. The Hall–Kier alpha value is -2.53. The van der Waals surface area contributed by atoms with Crippen molar-refractivity contribution in [1.29, 1.82) is 0 Å². The van der Waals surface area contributed by atoms with Crippen molar-refractivity contribution in [1.82, 2.24) is 10.2 Å². The Morgan fingerprint density at radius 3 is 2.43 bits per heavy atom. The number of benzene rings is 2. The van der Waals surface area contributed by atoms with E-state index in [-0.39, 0.29) is 15.8 Å². The van der Waals surface area contributed by atoms with Crippen LogP contribution in [0.15, 0.2) is 35.2 Å². The maximum Gasteiger partial charge on any atom is 0.388 e. The maximum atomic E-state index is 12.9.